The van der Waals surface area contributed by atoms with Crippen LogP contribution in [-0.2, 0) is 33.6 Å². The summed E-state index contributed by atoms with van der Waals surface area (Å²) >= 11 is 0. The molecule has 42 heavy (non-hydrogen) atoms. The topological polar surface area (TPSA) is 202 Å². The van der Waals surface area contributed by atoms with Crippen molar-refractivity contribution in [3.05, 3.63) is 0 Å². The van der Waals surface area contributed by atoms with Crippen LogP contribution in [0.15, 0.2) is 0 Å². The molecule has 0 unspecified atom stereocenters. The Labute approximate surface area is 248 Å². The molecule has 0 aliphatic carbocycles. The zero-order valence-electron chi connectivity index (χ0n) is 25.7. The van der Waals surface area contributed by atoms with Gasteiger partial charge in [-0.15, -0.1) is 0 Å². The predicted octanol–water partition coefficient (Wildman–Crippen LogP) is 0.757. The predicted molar refractivity (Wildman–Crippen MR) is 156 cm³/mol. The monoisotopic (exact) mass is 594 g/mol. The molecule has 12 nitrogen and oxygen atoms in total. The molecule has 1 aliphatic rings. The third kappa shape index (κ3) is 14.8. The first-order chi connectivity index (χ1) is 19.6. The number of hydrogen-bond donors (Lipinski definition) is 5. The Balaban J connectivity index is 2.81. The number of β-amino-alcohol motifs (C(OH)–C–C–N with tert-alkyl or cyclic N) is 1. The second-order valence-electron chi connectivity index (χ2n) is 12.3. The molecule has 1 fully saturated rings. The molecule has 0 spiro atoms. The molecule has 0 saturated carbocycles. The van der Waals surface area contributed by atoms with Gasteiger partial charge in [0.2, 0.25) is 17.7 Å². The fourth-order valence-corrected chi connectivity index (χ4v) is 5.12. The third-order valence-corrected chi connectivity index (χ3v) is 7.34. The molecule has 6 N–H and O–H groups in total. The van der Waals surface area contributed by atoms with Crippen LogP contribution in [0.1, 0.15) is 92.4 Å². The summed E-state index contributed by atoms with van der Waals surface area (Å²) in [5, 5.41) is 17.7. The lowest BCUT2D eigenvalue weighted by Gasteiger charge is -2.22. The highest BCUT2D eigenvalue weighted by Crippen LogP contribution is 2.20. The SMILES string of the molecule is CC(=O)[C@H](CC(=O)CNC(=O)[C@H](CC(=O)[C@@H](CCC(N)=O)NC(=O)CCC(=O)[C@H]1C[C@H](O)CN1)CC(C)C)CC(C)C. The number of amides is 3. The zero-order chi connectivity index (χ0) is 32.0. The smallest absolute Gasteiger partial charge is 0.223 e. The maximum Gasteiger partial charge on any atom is 0.223 e. The first-order valence-corrected chi connectivity index (χ1v) is 14.9. The summed E-state index contributed by atoms with van der Waals surface area (Å²) in [5.74, 6) is -3.62. The van der Waals surface area contributed by atoms with Crippen molar-refractivity contribution in [1.82, 2.24) is 16.0 Å². The summed E-state index contributed by atoms with van der Waals surface area (Å²) < 4.78 is 0. The van der Waals surface area contributed by atoms with Gasteiger partial charge in [-0.3, -0.25) is 33.6 Å². The van der Waals surface area contributed by atoms with E-state index in [0.29, 0.717) is 19.4 Å². The van der Waals surface area contributed by atoms with Crippen LogP contribution in [0.2, 0.25) is 0 Å². The molecule has 12 heteroatoms. The van der Waals surface area contributed by atoms with Crippen LogP contribution in [0.5, 0.6) is 0 Å². The first kappa shape index (κ1) is 37.0. The third-order valence-electron chi connectivity index (χ3n) is 7.34. The first-order valence-electron chi connectivity index (χ1n) is 14.9. The molecule has 5 atom stereocenters. The van der Waals surface area contributed by atoms with Crippen molar-refractivity contribution in [1.29, 1.82) is 0 Å². The van der Waals surface area contributed by atoms with E-state index >= 15 is 0 Å². The number of Topliss-reactive ketones (excluding diaryl/α,β-unsaturated/α-hetero) is 4. The van der Waals surface area contributed by atoms with Gasteiger partial charge in [-0.2, -0.15) is 0 Å². The van der Waals surface area contributed by atoms with Crippen LogP contribution in [0.3, 0.4) is 0 Å². The Bertz CT molecular complexity index is 980. The Morgan fingerprint density at radius 2 is 1.52 bits per heavy atom. The molecule has 0 aromatic heterocycles. The van der Waals surface area contributed by atoms with E-state index in [9.17, 15) is 38.7 Å². The molecule has 1 rings (SSSR count). The van der Waals surface area contributed by atoms with Crippen molar-refractivity contribution < 1.29 is 38.7 Å². The van der Waals surface area contributed by atoms with E-state index in [2.05, 4.69) is 16.0 Å². The minimum atomic E-state index is -1.08. The number of aliphatic hydroxyl groups is 1. The number of carbonyl (C=O) groups is 7. The van der Waals surface area contributed by atoms with Crippen molar-refractivity contribution in [2.24, 2.45) is 29.4 Å². The normalized spacial score (nSPS) is 18.8. The standard InChI is InChI=1S/C30H50N4O8/c1-17(2)10-20(19(5)35)12-22(36)16-33-30(42)21(11-18(3)4)13-27(39)24(6-8-28(31)40)34-29(41)9-7-26(38)25-14-23(37)15-32-25/h17-18,20-21,23-25,32,37H,6-16H2,1-5H3,(H2,31,40)(H,33,42)(H,34,41)/t20-,21-,23-,24+,25+/m0/s1. The molecule has 0 aromatic rings. The van der Waals surface area contributed by atoms with Gasteiger partial charge in [0.1, 0.15) is 11.6 Å². The van der Waals surface area contributed by atoms with Crippen LogP contribution in [0, 0.1) is 23.7 Å². The van der Waals surface area contributed by atoms with Crippen molar-refractivity contribution in [3.63, 3.8) is 0 Å². The van der Waals surface area contributed by atoms with Gasteiger partial charge in [0.15, 0.2) is 11.6 Å². The fraction of sp³-hybridized carbons (Fsp3) is 0.767. The molecule has 1 aliphatic heterocycles. The maximum absolute atomic E-state index is 13.3. The number of nitrogens with one attached hydrogen (secondary N) is 3. The van der Waals surface area contributed by atoms with E-state index < -0.39 is 53.5 Å². The van der Waals surface area contributed by atoms with Gasteiger partial charge >= 0.3 is 0 Å². The lowest BCUT2D eigenvalue weighted by molar-refractivity contribution is -0.133. The Morgan fingerprint density at radius 3 is 2.05 bits per heavy atom. The highest BCUT2D eigenvalue weighted by Gasteiger charge is 2.31. The number of rotatable bonds is 21. The number of aliphatic hydroxyl groups excluding tert-OH is 1. The largest absolute Gasteiger partial charge is 0.392 e. The molecule has 3 amide bonds. The van der Waals surface area contributed by atoms with Gasteiger partial charge in [0.25, 0.3) is 0 Å². The van der Waals surface area contributed by atoms with E-state index in [-0.39, 0.29) is 80.7 Å². The van der Waals surface area contributed by atoms with Crippen molar-refractivity contribution in [2.75, 3.05) is 13.1 Å². The highest BCUT2D eigenvalue weighted by atomic mass is 16.3. The molecule has 0 bridgehead atoms. The van der Waals surface area contributed by atoms with E-state index in [4.69, 9.17) is 5.73 Å². The van der Waals surface area contributed by atoms with Crippen LogP contribution in [0.25, 0.3) is 0 Å². The van der Waals surface area contributed by atoms with Gasteiger partial charge in [0.05, 0.1) is 24.7 Å². The summed E-state index contributed by atoms with van der Waals surface area (Å²) in [5.41, 5.74) is 5.26. The summed E-state index contributed by atoms with van der Waals surface area (Å²) in [4.78, 5) is 87.1. The van der Waals surface area contributed by atoms with E-state index in [1.54, 1.807) is 0 Å². The summed E-state index contributed by atoms with van der Waals surface area (Å²) in [6.07, 6.45) is -0.0848. The number of hydrogen-bond acceptors (Lipinski definition) is 9. The minimum Gasteiger partial charge on any atom is -0.392 e. The van der Waals surface area contributed by atoms with Gasteiger partial charge in [0, 0.05) is 50.5 Å². The van der Waals surface area contributed by atoms with Crippen molar-refractivity contribution in [3.8, 4) is 0 Å². The molecular weight excluding hydrogens is 544 g/mol. The highest BCUT2D eigenvalue weighted by molar-refractivity contribution is 5.95. The van der Waals surface area contributed by atoms with E-state index in [0.717, 1.165) is 0 Å². The second-order valence-corrected chi connectivity index (χ2v) is 12.3. The summed E-state index contributed by atoms with van der Waals surface area (Å²) in [6.45, 7) is 9.21. The Morgan fingerprint density at radius 1 is 0.905 bits per heavy atom. The Kier molecular flexibility index (Phi) is 16.3. The van der Waals surface area contributed by atoms with Crippen molar-refractivity contribution >= 4 is 40.9 Å². The van der Waals surface area contributed by atoms with E-state index in [1.807, 2.05) is 27.7 Å². The molecule has 1 heterocycles. The second kappa shape index (κ2) is 18.5. The average molecular weight is 595 g/mol. The number of ketones is 4. The lowest BCUT2D eigenvalue weighted by Crippen LogP contribution is -2.44. The van der Waals surface area contributed by atoms with Crippen molar-refractivity contribution in [2.45, 2.75) is 111 Å². The van der Waals surface area contributed by atoms with E-state index in [1.165, 1.54) is 6.92 Å². The molecule has 238 valence electrons. The average Bonchev–Trinajstić information content (AvgIpc) is 3.32. The van der Waals surface area contributed by atoms with Gasteiger partial charge < -0.3 is 26.8 Å². The van der Waals surface area contributed by atoms with Gasteiger partial charge in [-0.1, -0.05) is 27.7 Å². The molecule has 1 saturated heterocycles. The summed E-state index contributed by atoms with van der Waals surface area (Å²) in [6, 6.07) is -1.60. The minimum absolute atomic E-state index is 0.0304. The van der Waals surface area contributed by atoms with Crippen LogP contribution >= 0.6 is 0 Å². The molecule has 0 radical (unpaired) electrons. The number of nitrogens with two attached hydrogens (primary N) is 1. The van der Waals surface area contributed by atoms with Crippen LogP contribution < -0.4 is 21.7 Å². The molecular formula is C30H50N4O8. The quantitative estimate of drug-likeness (QED) is 0.127. The summed E-state index contributed by atoms with van der Waals surface area (Å²) in [7, 11) is 0. The van der Waals surface area contributed by atoms with Gasteiger partial charge in [-0.05, 0) is 44.4 Å². The zero-order valence-corrected chi connectivity index (χ0v) is 25.7. The Hall–Kier alpha value is -2.99. The number of primary amides is 1. The molecule has 0 aromatic carbocycles. The lowest BCUT2D eigenvalue weighted by atomic mass is 9.88. The van der Waals surface area contributed by atoms with Crippen LogP contribution in [0.4, 0.5) is 0 Å². The maximum atomic E-state index is 13.3. The number of carbonyl (C=O) groups excluding carboxylic acids is 7. The fourth-order valence-electron chi connectivity index (χ4n) is 5.12. The van der Waals surface area contributed by atoms with Crippen LogP contribution in [-0.4, -0.2) is 77.2 Å². The van der Waals surface area contributed by atoms with Gasteiger partial charge in [-0.25, -0.2) is 0 Å².